The monoisotopic (exact) mass is 208 g/mol. The second-order valence-corrected chi connectivity index (χ2v) is 3.88. The Morgan fingerprint density at radius 3 is 2.87 bits per heavy atom. The second-order valence-electron chi connectivity index (χ2n) is 3.88. The van der Waals surface area contributed by atoms with Crippen molar-refractivity contribution in [3.05, 3.63) is 17.7 Å². The summed E-state index contributed by atoms with van der Waals surface area (Å²) in [5, 5.41) is 6.26. The molecule has 1 aliphatic rings. The molecule has 0 aromatic carbocycles. The van der Waals surface area contributed by atoms with Crippen molar-refractivity contribution < 1.29 is 4.79 Å². The zero-order valence-corrected chi connectivity index (χ0v) is 8.84. The number of carbonyl (C=O) groups excluding carboxylic acids is 1. The summed E-state index contributed by atoms with van der Waals surface area (Å²) in [5.74, 6) is 0.716. The van der Waals surface area contributed by atoms with Gasteiger partial charge in [-0.1, -0.05) is 0 Å². The first-order valence-corrected chi connectivity index (χ1v) is 5.29. The smallest absolute Gasteiger partial charge is 0.269 e. The molecule has 0 aliphatic carbocycles. The lowest BCUT2D eigenvalue weighted by Gasteiger charge is -2.23. The largest absolute Gasteiger partial charge is 0.348 e. The van der Waals surface area contributed by atoms with Gasteiger partial charge >= 0.3 is 0 Å². The SMILES string of the molecule is Cc1ncc(C(=O)NC2CCNCC2)[nH]1. The van der Waals surface area contributed by atoms with Crippen LogP contribution in [0.15, 0.2) is 6.20 Å². The Balaban J connectivity index is 1.91. The first-order valence-electron chi connectivity index (χ1n) is 5.29. The van der Waals surface area contributed by atoms with Gasteiger partial charge in [0.05, 0.1) is 6.20 Å². The molecular weight excluding hydrogens is 192 g/mol. The molecule has 0 radical (unpaired) electrons. The molecule has 5 nitrogen and oxygen atoms in total. The lowest BCUT2D eigenvalue weighted by molar-refractivity contribution is 0.0925. The Kier molecular flexibility index (Phi) is 3.01. The summed E-state index contributed by atoms with van der Waals surface area (Å²) in [4.78, 5) is 18.7. The highest BCUT2D eigenvalue weighted by atomic mass is 16.1. The van der Waals surface area contributed by atoms with Gasteiger partial charge in [0, 0.05) is 6.04 Å². The van der Waals surface area contributed by atoms with Gasteiger partial charge in [0.25, 0.3) is 5.91 Å². The van der Waals surface area contributed by atoms with Crippen molar-refractivity contribution in [2.75, 3.05) is 13.1 Å². The van der Waals surface area contributed by atoms with Gasteiger partial charge in [-0.05, 0) is 32.9 Å². The summed E-state index contributed by atoms with van der Waals surface area (Å²) in [7, 11) is 0. The number of piperidine rings is 1. The number of nitrogens with one attached hydrogen (secondary N) is 3. The van der Waals surface area contributed by atoms with E-state index in [0.717, 1.165) is 31.8 Å². The van der Waals surface area contributed by atoms with Gasteiger partial charge in [-0.2, -0.15) is 0 Å². The highest BCUT2D eigenvalue weighted by molar-refractivity contribution is 5.92. The Hall–Kier alpha value is -1.36. The third-order valence-corrected chi connectivity index (χ3v) is 2.62. The third kappa shape index (κ3) is 2.56. The Bertz CT molecular complexity index is 341. The Labute approximate surface area is 88.7 Å². The van der Waals surface area contributed by atoms with E-state index in [1.165, 1.54) is 0 Å². The molecule has 82 valence electrons. The van der Waals surface area contributed by atoms with E-state index in [-0.39, 0.29) is 5.91 Å². The minimum atomic E-state index is -0.0532. The van der Waals surface area contributed by atoms with E-state index in [1.54, 1.807) is 6.20 Å². The van der Waals surface area contributed by atoms with Crippen LogP contribution in [0.25, 0.3) is 0 Å². The molecule has 1 aliphatic heterocycles. The zero-order valence-electron chi connectivity index (χ0n) is 8.84. The van der Waals surface area contributed by atoms with Crippen LogP contribution in [0.2, 0.25) is 0 Å². The second kappa shape index (κ2) is 4.44. The molecule has 5 heteroatoms. The molecule has 0 saturated carbocycles. The van der Waals surface area contributed by atoms with Crippen LogP contribution in [0, 0.1) is 6.92 Å². The van der Waals surface area contributed by atoms with Crippen molar-refractivity contribution in [1.82, 2.24) is 20.6 Å². The lowest BCUT2D eigenvalue weighted by atomic mass is 10.1. The van der Waals surface area contributed by atoms with Gasteiger partial charge in [-0.15, -0.1) is 0 Å². The summed E-state index contributed by atoms with van der Waals surface area (Å²) in [6.45, 7) is 3.79. The Morgan fingerprint density at radius 1 is 1.53 bits per heavy atom. The van der Waals surface area contributed by atoms with Crippen LogP contribution in [0.3, 0.4) is 0 Å². The molecule has 1 fully saturated rings. The van der Waals surface area contributed by atoms with Crippen LogP contribution in [0.4, 0.5) is 0 Å². The molecule has 1 amide bonds. The molecule has 0 spiro atoms. The first kappa shape index (κ1) is 10.2. The molecule has 1 saturated heterocycles. The van der Waals surface area contributed by atoms with Gasteiger partial charge < -0.3 is 15.6 Å². The minimum absolute atomic E-state index is 0.0532. The number of nitrogens with zero attached hydrogens (tertiary/aromatic N) is 1. The van der Waals surface area contributed by atoms with Crippen LogP contribution in [0.1, 0.15) is 29.2 Å². The van der Waals surface area contributed by atoms with Gasteiger partial charge in [0.15, 0.2) is 0 Å². The average molecular weight is 208 g/mol. The van der Waals surface area contributed by atoms with E-state index in [1.807, 2.05) is 6.92 Å². The van der Waals surface area contributed by atoms with Gasteiger partial charge in [0.2, 0.25) is 0 Å². The number of aryl methyl sites for hydroxylation is 1. The molecule has 1 aromatic heterocycles. The normalized spacial score (nSPS) is 17.7. The maximum atomic E-state index is 11.7. The fourth-order valence-electron chi connectivity index (χ4n) is 1.77. The fourth-order valence-corrected chi connectivity index (χ4v) is 1.77. The molecule has 0 bridgehead atoms. The molecule has 0 unspecified atom stereocenters. The number of carbonyl (C=O) groups is 1. The van der Waals surface area contributed by atoms with Crippen molar-refractivity contribution in [2.45, 2.75) is 25.8 Å². The van der Waals surface area contributed by atoms with E-state index in [0.29, 0.717) is 11.7 Å². The molecule has 3 N–H and O–H groups in total. The van der Waals surface area contributed by atoms with E-state index in [9.17, 15) is 4.79 Å². The number of H-pyrrole nitrogens is 1. The highest BCUT2D eigenvalue weighted by Gasteiger charge is 2.17. The van der Waals surface area contributed by atoms with Crippen molar-refractivity contribution >= 4 is 5.91 Å². The van der Waals surface area contributed by atoms with Crippen molar-refractivity contribution in [3.63, 3.8) is 0 Å². The number of hydrogen-bond donors (Lipinski definition) is 3. The summed E-state index contributed by atoms with van der Waals surface area (Å²) in [6.07, 6.45) is 3.57. The van der Waals surface area contributed by atoms with E-state index < -0.39 is 0 Å². The predicted molar refractivity (Wildman–Crippen MR) is 56.7 cm³/mol. The predicted octanol–water partition coefficient (Wildman–Crippen LogP) is 0.200. The fraction of sp³-hybridized carbons (Fsp3) is 0.600. The van der Waals surface area contributed by atoms with E-state index in [2.05, 4.69) is 20.6 Å². The molecule has 2 rings (SSSR count). The Morgan fingerprint density at radius 2 is 2.27 bits per heavy atom. The van der Waals surface area contributed by atoms with Crippen LogP contribution in [-0.4, -0.2) is 35.0 Å². The van der Waals surface area contributed by atoms with Crippen molar-refractivity contribution in [2.24, 2.45) is 0 Å². The number of aromatic amines is 1. The molecule has 0 atom stereocenters. The zero-order chi connectivity index (χ0) is 10.7. The molecular formula is C10H16N4O. The summed E-state index contributed by atoms with van der Waals surface area (Å²) in [5.41, 5.74) is 0.547. The standard InChI is InChI=1S/C10H16N4O/c1-7-12-6-9(13-7)10(15)14-8-2-4-11-5-3-8/h6,8,11H,2-5H2,1H3,(H,12,13)(H,14,15). The van der Waals surface area contributed by atoms with E-state index in [4.69, 9.17) is 0 Å². The lowest BCUT2D eigenvalue weighted by Crippen LogP contribution is -2.42. The van der Waals surface area contributed by atoms with Crippen molar-refractivity contribution in [3.8, 4) is 0 Å². The van der Waals surface area contributed by atoms with Crippen LogP contribution in [-0.2, 0) is 0 Å². The summed E-state index contributed by atoms with van der Waals surface area (Å²) in [6, 6.07) is 0.294. The highest BCUT2D eigenvalue weighted by Crippen LogP contribution is 2.04. The summed E-state index contributed by atoms with van der Waals surface area (Å²) >= 11 is 0. The first-order chi connectivity index (χ1) is 7.25. The maximum absolute atomic E-state index is 11.7. The number of hydrogen-bond acceptors (Lipinski definition) is 3. The minimum Gasteiger partial charge on any atom is -0.348 e. The topological polar surface area (TPSA) is 69.8 Å². The summed E-state index contributed by atoms with van der Waals surface area (Å²) < 4.78 is 0. The van der Waals surface area contributed by atoms with Crippen molar-refractivity contribution in [1.29, 1.82) is 0 Å². The molecule has 15 heavy (non-hydrogen) atoms. The number of imidazole rings is 1. The van der Waals surface area contributed by atoms with Crippen LogP contribution >= 0.6 is 0 Å². The molecule has 1 aromatic rings. The average Bonchev–Trinajstić information content (AvgIpc) is 2.66. The number of aromatic nitrogens is 2. The number of amides is 1. The van der Waals surface area contributed by atoms with E-state index >= 15 is 0 Å². The third-order valence-electron chi connectivity index (χ3n) is 2.62. The number of rotatable bonds is 2. The molecule has 2 heterocycles. The maximum Gasteiger partial charge on any atom is 0.269 e. The van der Waals surface area contributed by atoms with Gasteiger partial charge in [-0.3, -0.25) is 4.79 Å². The van der Waals surface area contributed by atoms with Crippen LogP contribution in [0.5, 0.6) is 0 Å². The quantitative estimate of drug-likeness (QED) is 0.650. The van der Waals surface area contributed by atoms with Gasteiger partial charge in [-0.25, -0.2) is 4.98 Å². The van der Waals surface area contributed by atoms with Crippen LogP contribution < -0.4 is 10.6 Å². The van der Waals surface area contributed by atoms with Gasteiger partial charge in [0.1, 0.15) is 11.5 Å².